The Morgan fingerprint density at radius 3 is 1.48 bits per heavy atom. The normalized spacial score (nSPS) is 13.6. The Morgan fingerprint density at radius 2 is 1.19 bits per heavy atom. The van der Waals surface area contributed by atoms with Gasteiger partial charge in [0.05, 0.1) is 14.2 Å². The summed E-state index contributed by atoms with van der Waals surface area (Å²) in [6.45, 7) is 8.54. The van der Waals surface area contributed by atoms with Crippen LogP contribution in [0.2, 0.25) is 0 Å². The van der Waals surface area contributed by atoms with Crippen LogP contribution in [0.25, 0.3) is 0 Å². The second-order valence-electron chi connectivity index (χ2n) is 7.07. The number of rotatable bonds is 5. The summed E-state index contributed by atoms with van der Waals surface area (Å²) in [5, 5.41) is 5.58. The molecule has 1 aliphatic rings. The fourth-order valence-electron chi connectivity index (χ4n) is 3.95. The molecule has 0 N–H and O–H groups in total. The second-order valence-corrected chi connectivity index (χ2v) is 9.94. The number of aryl methyl sites for hydroxylation is 4. The first-order chi connectivity index (χ1) is 12.9. The van der Waals surface area contributed by atoms with Crippen molar-refractivity contribution in [2.45, 2.75) is 34.1 Å². The van der Waals surface area contributed by atoms with Gasteiger partial charge in [-0.15, -0.1) is 9.24 Å². The number of benzene rings is 2. The average Bonchev–Trinajstić information content (AvgIpc) is 3.00. The van der Waals surface area contributed by atoms with Crippen molar-refractivity contribution in [3.8, 4) is 11.5 Å². The highest BCUT2D eigenvalue weighted by atomic mass is 31.1. The lowest BCUT2D eigenvalue weighted by Crippen LogP contribution is -2.16. The van der Waals surface area contributed by atoms with E-state index in [4.69, 9.17) is 9.47 Å². The van der Waals surface area contributed by atoms with Crippen molar-refractivity contribution >= 4 is 27.8 Å². The first kappa shape index (κ1) is 20.1. The lowest BCUT2D eigenvalue weighted by atomic mass is 10.1. The predicted octanol–water partition coefficient (Wildman–Crippen LogP) is 5.42. The van der Waals surface area contributed by atoms with Gasteiger partial charge in [-0.1, -0.05) is 12.2 Å². The molecular weight excluding hydrogens is 370 g/mol. The van der Waals surface area contributed by atoms with E-state index in [0.29, 0.717) is 0 Å². The molecule has 1 aliphatic carbocycles. The van der Waals surface area contributed by atoms with Crippen LogP contribution in [-0.2, 0) is 0 Å². The van der Waals surface area contributed by atoms with Crippen LogP contribution in [0.4, 0.5) is 0 Å². The van der Waals surface area contributed by atoms with Gasteiger partial charge in [0.2, 0.25) is 0 Å². The van der Waals surface area contributed by atoms with E-state index in [9.17, 15) is 0 Å². The maximum absolute atomic E-state index is 5.59. The summed E-state index contributed by atoms with van der Waals surface area (Å²) >= 11 is 0. The number of hydrogen-bond acceptors (Lipinski definition) is 2. The van der Waals surface area contributed by atoms with Crippen molar-refractivity contribution in [3.63, 3.8) is 0 Å². The Kier molecular flexibility index (Phi) is 6.09. The molecule has 2 nitrogen and oxygen atoms in total. The number of ether oxygens (including phenoxy) is 2. The van der Waals surface area contributed by atoms with Crippen LogP contribution in [0.3, 0.4) is 0 Å². The number of allylic oxidation sites excluding steroid dienone is 4. The van der Waals surface area contributed by atoms with E-state index in [1.165, 1.54) is 43.5 Å². The van der Waals surface area contributed by atoms with Crippen LogP contribution in [0.15, 0.2) is 47.0 Å². The minimum atomic E-state index is -0.606. The predicted molar refractivity (Wildman–Crippen MR) is 122 cm³/mol. The summed E-state index contributed by atoms with van der Waals surface area (Å²) in [7, 11) is 5.82. The zero-order valence-electron chi connectivity index (χ0n) is 17.0. The van der Waals surface area contributed by atoms with Crippen LogP contribution >= 0.6 is 17.2 Å². The van der Waals surface area contributed by atoms with Crippen LogP contribution < -0.4 is 20.1 Å². The van der Waals surface area contributed by atoms with Crippen molar-refractivity contribution in [2.24, 2.45) is 0 Å². The minimum Gasteiger partial charge on any atom is -0.496 e. The van der Waals surface area contributed by atoms with Crippen LogP contribution in [0.1, 0.15) is 28.7 Å². The number of methoxy groups -OCH3 is 2. The molecule has 0 radical (unpaired) electrons. The van der Waals surface area contributed by atoms with E-state index >= 15 is 0 Å². The topological polar surface area (TPSA) is 18.5 Å². The number of hydrogen-bond donors (Lipinski definition) is 0. The highest BCUT2D eigenvalue weighted by Gasteiger charge is 2.24. The highest BCUT2D eigenvalue weighted by Crippen LogP contribution is 2.51. The van der Waals surface area contributed by atoms with Gasteiger partial charge >= 0.3 is 0 Å². The second kappa shape index (κ2) is 8.17. The molecule has 0 saturated heterocycles. The zero-order valence-corrected chi connectivity index (χ0v) is 19.1. The van der Waals surface area contributed by atoms with Gasteiger partial charge < -0.3 is 9.47 Å². The maximum Gasteiger partial charge on any atom is 0.124 e. The summed E-state index contributed by atoms with van der Waals surface area (Å²) in [4.78, 5) is 0. The van der Waals surface area contributed by atoms with Crippen molar-refractivity contribution in [2.75, 3.05) is 14.2 Å². The third kappa shape index (κ3) is 3.84. The standard InChI is InChI=1S/C23H28O2P2/c1-14-10-18(11-15(2)22(14)24-5)27(21-9-7-8-20(21)26)19-12-16(3)23(25-6)17(4)13-19/h7-8,10-13H,9,26H2,1-6H3. The molecule has 1 unspecified atom stereocenters. The first-order valence-electron chi connectivity index (χ1n) is 9.13. The van der Waals surface area contributed by atoms with E-state index < -0.39 is 7.92 Å². The Hall–Kier alpha value is -1.62. The summed E-state index contributed by atoms with van der Waals surface area (Å²) < 4.78 is 11.2. The van der Waals surface area contributed by atoms with Crippen molar-refractivity contribution in [1.82, 2.24) is 0 Å². The lowest BCUT2D eigenvalue weighted by Gasteiger charge is -2.25. The van der Waals surface area contributed by atoms with E-state index in [2.05, 4.69) is 73.4 Å². The molecule has 0 heterocycles. The van der Waals surface area contributed by atoms with Gasteiger partial charge in [-0.3, -0.25) is 0 Å². The summed E-state index contributed by atoms with van der Waals surface area (Å²) in [5.41, 5.74) is 4.77. The average molecular weight is 398 g/mol. The molecule has 0 bridgehead atoms. The Morgan fingerprint density at radius 1 is 0.778 bits per heavy atom. The molecular formula is C23H28O2P2. The quantitative estimate of drug-likeness (QED) is 0.627. The molecule has 2 aromatic carbocycles. The third-order valence-corrected chi connectivity index (χ3v) is 8.34. The molecule has 0 aliphatic heterocycles. The molecule has 0 amide bonds. The van der Waals surface area contributed by atoms with Gasteiger partial charge in [-0.2, -0.15) is 0 Å². The van der Waals surface area contributed by atoms with E-state index in [1.807, 2.05) is 0 Å². The SMILES string of the molecule is COc1c(C)cc(P(C2=C(P)C=CC2)c2cc(C)c(OC)c(C)c2)cc1C. The zero-order chi connectivity index (χ0) is 19.7. The largest absolute Gasteiger partial charge is 0.496 e. The van der Waals surface area contributed by atoms with Gasteiger partial charge in [0.1, 0.15) is 11.5 Å². The van der Waals surface area contributed by atoms with Gasteiger partial charge in [-0.05, 0) is 110 Å². The molecule has 0 spiro atoms. The lowest BCUT2D eigenvalue weighted by molar-refractivity contribution is 0.408. The fraction of sp³-hybridized carbons (Fsp3) is 0.304. The van der Waals surface area contributed by atoms with Crippen LogP contribution in [0, 0.1) is 27.7 Å². The molecule has 3 rings (SSSR count). The molecule has 0 saturated carbocycles. The molecule has 0 aromatic heterocycles. The van der Waals surface area contributed by atoms with Gasteiger partial charge in [-0.25, -0.2) is 0 Å². The molecule has 0 fully saturated rings. The molecule has 142 valence electrons. The third-order valence-electron chi connectivity index (χ3n) is 5.03. The van der Waals surface area contributed by atoms with Crippen molar-refractivity contribution in [3.05, 3.63) is 69.3 Å². The summed E-state index contributed by atoms with van der Waals surface area (Å²) in [6.07, 6.45) is 5.50. The van der Waals surface area contributed by atoms with Crippen LogP contribution in [-0.4, -0.2) is 14.2 Å². The van der Waals surface area contributed by atoms with E-state index in [-0.39, 0.29) is 0 Å². The van der Waals surface area contributed by atoms with Gasteiger partial charge in [0.15, 0.2) is 0 Å². The maximum atomic E-state index is 5.59. The summed E-state index contributed by atoms with van der Waals surface area (Å²) in [6, 6.07) is 9.21. The Bertz CT molecular complexity index is 836. The Labute approximate surface area is 166 Å². The summed E-state index contributed by atoms with van der Waals surface area (Å²) in [5.74, 6) is 1.97. The van der Waals surface area contributed by atoms with Gasteiger partial charge in [0.25, 0.3) is 0 Å². The monoisotopic (exact) mass is 398 g/mol. The van der Waals surface area contributed by atoms with Crippen molar-refractivity contribution in [1.29, 1.82) is 0 Å². The van der Waals surface area contributed by atoms with Gasteiger partial charge in [0, 0.05) is 0 Å². The van der Waals surface area contributed by atoms with E-state index in [1.54, 1.807) is 14.2 Å². The smallest absolute Gasteiger partial charge is 0.124 e. The minimum absolute atomic E-state index is 0.606. The molecule has 1 atom stereocenters. The Balaban J connectivity index is 2.22. The molecule has 2 aromatic rings. The molecule has 27 heavy (non-hydrogen) atoms. The first-order valence-corrected chi connectivity index (χ1v) is 11.0. The van der Waals surface area contributed by atoms with Crippen molar-refractivity contribution < 1.29 is 9.47 Å². The fourth-order valence-corrected chi connectivity index (χ4v) is 7.42. The van der Waals surface area contributed by atoms with E-state index in [0.717, 1.165) is 17.9 Å². The molecule has 4 heteroatoms. The van der Waals surface area contributed by atoms with Crippen LogP contribution in [0.5, 0.6) is 11.5 Å². The highest BCUT2D eigenvalue weighted by molar-refractivity contribution is 7.77.